The van der Waals surface area contributed by atoms with Crippen LogP contribution < -0.4 is 10.6 Å². The second-order valence-electron chi connectivity index (χ2n) is 8.04. The molecule has 0 aliphatic heterocycles. The summed E-state index contributed by atoms with van der Waals surface area (Å²) in [5.41, 5.74) is 0.773. The van der Waals surface area contributed by atoms with Crippen LogP contribution in [0.5, 0.6) is 0 Å². The van der Waals surface area contributed by atoms with Crippen molar-refractivity contribution in [3.05, 3.63) is 47.4 Å². The number of pyridine rings is 2. The minimum absolute atomic E-state index is 0.0228. The molecule has 0 aromatic carbocycles. The molecule has 0 radical (unpaired) electrons. The standard InChI is InChI=1S/C22H21ClN8O3/c1-12-9-22(12,11-24)20(32)27-14-6-7-16(26-10-14)17-19(31(3)30-29-17)28-21(33)34-13(2)15-5-4-8-25-18(15)23/h4-8,10,12-13H,9H2,1-3H3,(H,27,32)(H,28,33)/t12?,13-,22?/m1/s1. The average molecular weight is 481 g/mol. The molecule has 3 aromatic heterocycles. The maximum absolute atomic E-state index is 12.5. The van der Waals surface area contributed by atoms with Crippen molar-refractivity contribution in [2.24, 2.45) is 18.4 Å². The zero-order chi connectivity index (χ0) is 24.5. The summed E-state index contributed by atoms with van der Waals surface area (Å²) in [6.07, 6.45) is 2.16. The molecule has 174 valence electrons. The number of rotatable bonds is 6. The fourth-order valence-electron chi connectivity index (χ4n) is 3.52. The maximum Gasteiger partial charge on any atom is 0.413 e. The van der Waals surface area contributed by atoms with Crippen molar-refractivity contribution in [1.29, 1.82) is 5.26 Å². The van der Waals surface area contributed by atoms with E-state index in [4.69, 9.17) is 16.3 Å². The van der Waals surface area contributed by atoms with Gasteiger partial charge in [-0.15, -0.1) is 5.10 Å². The Balaban J connectivity index is 1.45. The number of aryl methyl sites for hydroxylation is 1. The summed E-state index contributed by atoms with van der Waals surface area (Å²) in [6.45, 7) is 3.54. The zero-order valence-corrected chi connectivity index (χ0v) is 19.4. The van der Waals surface area contributed by atoms with E-state index in [0.717, 1.165) is 0 Å². The van der Waals surface area contributed by atoms with E-state index in [1.165, 1.54) is 10.9 Å². The van der Waals surface area contributed by atoms with Gasteiger partial charge in [0, 0.05) is 18.8 Å². The van der Waals surface area contributed by atoms with Crippen molar-refractivity contribution in [1.82, 2.24) is 25.0 Å². The van der Waals surface area contributed by atoms with Crippen LogP contribution in [-0.2, 0) is 16.6 Å². The number of ether oxygens (including phenoxy) is 1. The lowest BCUT2D eigenvalue weighted by Crippen LogP contribution is -2.24. The van der Waals surface area contributed by atoms with Gasteiger partial charge in [-0.25, -0.2) is 14.5 Å². The van der Waals surface area contributed by atoms with Gasteiger partial charge in [-0.3, -0.25) is 15.1 Å². The van der Waals surface area contributed by atoms with Crippen LogP contribution in [0.4, 0.5) is 16.3 Å². The van der Waals surface area contributed by atoms with Crippen molar-refractivity contribution in [3.8, 4) is 17.5 Å². The molecule has 2 amide bonds. The Morgan fingerprint density at radius 1 is 1.32 bits per heavy atom. The second kappa shape index (κ2) is 9.07. The van der Waals surface area contributed by atoms with Gasteiger partial charge in [0.1, 0.15) is 16.7 Å². The molecule has 34 heavy (non-hydrogen) atoms. The number of hydrogen-bond acceptors (Lipinski definition) is 8. The first-order valence-corrected chi connectivity index (χ1v) is 10.8. The molecule has 4 rings (SSSR count). The van der Waals surface area contributed by atoms with Gasteiger partial charge in [0.2, 0.25) is 5.91 Å². The van der Waals surface area contributed by atoms with Gasteiger partial charge in [0.05, 0.1) is 23.6 Å². The predicted molar refractivity (Wildman–Crippen MR) is 122 cm³/mol. The molecular weight excluding hydrogens is 460 g/mol. The molecule has 2 unspecified atom stereocenters. The number of carbonyl (C=O) groups excluding carboxylic acids is 2. The number of nitrogens with one attached hydrogen (secondary N) is 2. The molecule has 1 fully saturated rings. The monoisotopic (exact) mass is 480 g/mol. The third-order valence-corrected chi connectivity index (χ3v) is 6.05. The third kappa shape index (κ3) is 4.40. The lowest BCUT2D eigenvalue weighted by Gasteiger charge is -2.15. The molecule has 2 N–H and O–H groups in total. The Morgan fingerprint density at radius 3 is 2.71 bits per heavy atom. The highest BCUT2D eigenvalue weighted by molar-refractivity contribution is 6.30. The quantitative estimate of drug-likeness (QED) is 0.507. The van der Waals surface area contributed by atoms with Crippen LogP contribution in [-0.4, -0.2) is 37.0 Å². The van der Waals surface area contributed by atoms with Crippen LogP contribution in [0.3, 0.4) is 0 Å². The summed E-state index contributed by atoms with van der Waals surface area (Å²) in [7, 11) is 1.61. The molecule has 0 spiro atoms. The van der Waals surface area contributed by atoms with Crippen LogP contribution in [0.25, 0.3) is 11.4 Å². The fourth-order valence-corrected chi connectivity index (χ4v) is 3.79. The van der Waals surface area contributed by atoms with E-state index in [1.54, 1.807) is 44.4 Å². The van der Waals surface area contributed by atoms with E-state index >= 15 is 0 Å². The Kier molecular flexibility index (Phi) is 6.17. The van der Waals surface area contributed by atoms with Gasteiger partial charge in [-0.2, -0.15) is 5.26 Å². The normalized spacial score (nSPS) is 19.6. The van der Waals surface area contributed by atoms with E-state index < -0.39 is 17.6 Å². The van der Waals surface area contributed by atoms with Gasteiger partial charge in [0.15, 0.2) is 11.5 Å². The number of nitrogens with zero attached hydrogens (tertiary/aromatic N) is 6. The van der Waals surface area contributed by atoms with Crippen LogP contribution in [0.2, 0.25) is 5.15 Å². The number of hydrogen-bond donors (Lipinski definition) is 2. The highest BCUT2D eigenvalue weighted by Crippen LogP contribution is 2.52. The highest BCUT2D eigenvalue weighted by atomic mass is 35.5. The van der Waals surface area contributed by atoms with Crippen LogP contribution in [0.15, 0.2) is 36.7 Å². The van der Waals surface area contributed by atoms with Crippen molar-refractivity contribution in [3.63, 3.8) is 0 Å². The Morgan fingerprint density at radius 2 is 2.09 bits per heavy atom. The first kappa shape index (κ1) is 23.1. The maximum atomic E-state index is 12.5. The summed E-state index contributed by atoms with van der Waals surface area (Å²) in [6, 6.07) is 8.79. The minimum atomic E-state index is -0.974. The first-order chi connectivity index (χ1) is 16.2. The third-order valence-electron chi connectivity index (χ3n) is 5.73. The number of carbonyl (C=O) groups is 2. The van der Waals surface area contributed by atoms with Gasteiger partial charge in [-0.05, 0) is 37.5 Å². The molecule has 3 heterocycles. The molecule has 0 saturated heterocycles. The fraction of sp³-hybridized carbons (Fsp3) is 0.318. The number of nitriles is 1. The lowest BCUT2D eigenvalue weighted by atomic mass is 10.1. The molecule has 1 aliphatic carbocycles. The molecular formula is C22H21ClN8O3. The Bertz CT molecular complexity index is 1290. The van der Waals surface area contributed by atoms with E-state index in [1.807, 2.05) is 6.92 Å². The molecule has 11 nitrogen and oxygen atoms in total. The van der Waals surface area contributed by atoms with Gasteiger partial charge >= 0.3 is 6.09 Å². The van der Waals surface area contributed by atoms with Gasteiger partial charge < -0.3 is 10.1 Å². The Labute approximate surface area is 200 Å². The van der Waals surface area contributed by atoms with Crippen LogP contribution in [0, 0.1) is 22.7 Å². The molecule has 1 saturated carbocycles. The largest absolute Gasteiger partial charge is 0.441 e. The molecule has 1 aliphatic rings. The zero-order valence-electron chi connectivity index (χ0n) is 18.6. The van der Waals surface area contributed by atoms with E-state index in [0.29, 0.717) is 29.1 Å². The summed E-state index contributed by atoms with van der Waals surface area (Å²) >= 11 is 6.07. The Hall–Kier alpha value is -4.04. The van der Waals surface area contributed by atoms with Gasteiger partial charge in [-0.1, -0.05) is 29.8 Å². The number of amides is 2. The second-order valence-corrected chi connectivity index (χ2v) is 8.40. The molecule has 0 bridgehead atoms. The summed E-state index contributed by atoms with van der Waals surface area (Å²) in [4.78, 5) is 33.2. The van der Waals surface area contributed by atoms with E-state index in [2.05, 4.69) is 37.0 Å². The number of anilines is 2. The summed E-state index contributed by atoms with van der Waals surface area (Å²) < 4.78 is 6.79. The first-order valence-electron chi connectivity index (χ1n) is 10.4. The SMILES string of the molecule is CC1CC1(C#N)C(=O)Nc1ccc(-c2nnn(C)c2NC(=O)O[C@H](C)c2cccnc2Cl)nc1. The number of aromatic nitrogens is 5. The summed E-state index contributed by atoms with van der Waals surface area (Å²) in [5, 5.41) is 22.9. The molecule has 3 aromatic rings. The van der Waals surface area contributed by atoms with Crippen LogP contribution in [0.1, 0.15) is 31.9 Å². The van der Waals surface area contributed by atoms with E-state index in [9.17, 15) is 14.9 Å². The number of halogens is 1. The molecule has 3 atom stereocenters. The molecule has 12 heteroatoms. The van der Waals surface area contributed by atoms with Crippen LogP contribution >= 0.6 is 11.6 Å². The van der Waals surface area contributed by atoms with E-state index in [-0.39, 0.29) is 22.8 Å². The van der Waals surface area contributed by atoms with Gasteiger partial charge in [0.25, 0.3) is 0 Å². The predicted octanol–water partition coefficient (Wildman–Crippen LogP) is 3.72. The van der Waals surface area contributed by atoms with Crippen molar-refractivity contribution in [2.45, 2.75) is 26.4 Å². The van der Waals surface area contributed by atoms with Crippen molar-refractivity contribution < 1.29 is 14.3 Å². The van der Waals surface area contributed by atoms with Crippen molar-refractivity contribution in [2.75, 3.05) is 10.6 Å². The highest BCUT2D eigenvalue weighted by Gasteiger charge is 2.58. The lowest BCUT2D eigenvalue weighted by molar-refractivity contribution is -0.119. The smallest absolute Gasteiger partial charge is 0.413 e. The van der Waals surface area contributed by atoms with Crippen molar-refractivity contribution >= 4 is 35.1 Å². The summed E-state index contributed by atoms with van der Waals surface area (Å²) in [5.74, 6) is -0.0480. The topological polar surface area (TPSA) is 148 Å². The average Bonchev–Trinajstić information content (AvgIpc) is 3.37. The minimum Gasteiger partial charge on any atom is -0.441 e.